The first kappa shape index (κ1) is 10.9. The second-order valence-corrected chi connectivity index (χ2v) is 4.43. The summed E-state index contributed by atoms with van der Waals surface area (Å²) in [6, 6.07) is 8.27. The summed E-state index contributed by atoms with van der Waals surface area (Å²) in [5.74, 6) is 0.714. The first-order valence-electron chi connectivity index (χ1n) is 5.74. The van der Waals surface area contributed by atoms with Crippen LogP contribution in [0.3, 0.4) is 0 Å². The van der Waals surface area contributed by atoms with Crippen LogP contribution in [0.25, 0.3) is 0 Å². The molecular formula is C14H17NO. The molecule has 1 aromatic rings. The summed E-state index contributed by atoms with van der Waals surface area (Å²) in [5, 5.41) is 0. The molecule has 0 bridgehead atoms. The van der Waals surface area contributed by atoms with Crippen molar-refractivity contribution in [3.05, 3.63) is 42.0 Å². The molecule has 84 valence electrons. The Morgan fingerprint density at radius 1 is 1.12 bits per heavy atom. The van der Waals surface area contributed by atoms with Crippen LogP contribution in [0.1, 0.15) is 31.7 Å². The predicted octanol–water partition coefficient (Wildman–Crippen LogP) is 3.10. The van der Waals surface area contributed by atoms with E-state index >= 15 is 0 Å². The Labute approximate surface area is 96.6 Å². The second kappa shape index (κ2) is 4.52. The first-order valence-corrected chi connectivity index (χ1v) is 5.74. The molecular weight excluding hydrogens is 198 g/mol. The maximum Gasteiger partial charge on any atom is 0.231 e. The summed E-state index contributed by atoms with van der Waals surface area (Å²) >= 11 is 0. The zero-order valence-corrected chi connectivity index (χ0v) is 9.81. The standard InChI is InChI=1S/C14H17NO/c1-11(2)12-6-8-13(9-7-12)15-10-4-3-5-14(15)16/h3-4,6-9,11H,5,10H2,1-2H3. The average molecular weight is 215 g/mol. The molecule has 0 radical (unpaired) electrons. The molecule has 0 fully saturated rings. The molecule has 0 N–H and O–H groups in total. The summed E-state index contributed by atoms with van der Waals surface area (Å²) < 4.78 is 0. The second-order valence-electron chi connectivity index (χ2n) is 4.43. The van der Waals surface area contributed by atoms with Crippen molar-refractivity contribution >= 4 is 11.6 Å². The van der Waals surface area contributed by atoms with Gasteiger partial charge in [-0.1, -0.05) is 38.1 Å². The van der Waals surface area contributed by atoms with Gasteiger partial charge >= 0.3 is 0 Å². The highest BCUT2D eigenvalue weighted by atomic mass is 16.2. The minimum atomic E-state index is 0.180. The Hall–Kier alpha value is -1.57. The molecule has 2 rings (SSSR count). The third-order valence-electron chi connectivity index (χ3n) is 2.92. The topological polar surface area (TPSA) is 20.3 Å². The molecule has 0 saturated heterocycles. The number of amides is 1. The van der Waals surface area contributed by atoms with E-state index in [4.69, 9.17) is 0 Å². The summed E-state index contributed by atoms with van der Waals surface area (Å²) in [6.07, 6.45) is 4.49. The van der Waals surface area contributed by atoms with Crippen LogP contribution in [-0.4, -0.2) is 12.5 Å². The van der Waals surface area contributed by atoms with E-state index in [0.29, 0.717) is 18.9 Å². The van der Waals surface area contributed by atoms with Gasteiger partial charge in [0, 0.05) is 18.7 Å². The number of carbonyl (C=O) groups excluding carboxylic acids is 1. The fraction of sp³-hybridized carbons (Fsp3) is 0.357. The number of anilines is 1. The molecule has 0 aromatic heterocycles. The van der Waals surface area contributed by atoms with Gasteiger partial charge in [0.15, 0.2) is 0 Å². The van der Waals surface area contributed by atoms with Gasteiger partial charge in [0.05, 0.1) is 0 Å². The van der Waals surface area contributed by atoms with Crippen LogP contribution >= 0.6 is 0 Å². The molecule has 1 aliphatic heterocycles. The highest BCUT2D eigenvalue weighted by Crippen LogP contribution is 2.21. The fourth-order valence-corrected chi connectivity index (χ4v) is 1.86. The number of carbonyl (C=O) groups is 1. The Bertz CT molecular complexity index is 403. The van der Waals surface area contributed by atoms with Gasteiger partial charge in [0.1, 0.15) is 0 Å². The van der Waals surface area contributed by atoms with Gasteiger partial charge in [0.2, 0.25) is 5.91 Å². The smallest absolute Gasteiger partial charge is 0.231 e. The number of hydrogen-bond acceptors (Lipinski definition) is 1. The Balaban J connectivity index is 2.21. The fourth-order valence-electron chi connectivity index (χ4n) is 1.86. The van der Waals surface area contributed by atoms with E-state index in [1.54, 1.807) is 0 Å². The van der Waals surface area contributed by atoms with Crippen molar-refractivity contribution in [2.75, 3.05) is 11.4 Å². The van der Waals surface area contributed by atoms with E-state index in [1.807, 2.05) is 29.2 Å². The minimum Gasteiger partial charge on any atom is -0.308 e. The molecule has 0 saturated carbocycles. The van der Waals surface area contributed by atoms with Gasteiger partial charge < -0.3 is 4.90 Å². The molecule has 16 heavy (non-hydrogen) atoms. The van der Waals surface area contributed by atoms with E-state index in [9.17, 15) is 4.79 Å². The van der Waals surface area contributed by atoms with Gasteiger partial charge in [-0.25, -0.2) is 0 Å². The lowest BCUT2D eigenvalue weighted by molar-refractivity contribution is -0.117. The number of nitrogens with zero attached hydrogens (tertiary/aromatic N) is 1. The lowest BCUT2D eigenvalue weighted by Crippen LogP contribution is -2.32. The Kier molecular flexibility index (Phi) is 3.09. The Morgan fingerprint density at radius 3 is 2.38 bits per heavy atom. The normalized spacial score (nSPS) is 15.9. The quantitative estimate of drug-likeness (QED) is 0.694. The van der Waals surface area contributed by atoms with Crippen molar-refractivity contribution in [3.63, 3.8) is 0 Å². The van der Waals surface area contributed by atoms with Crippen LogP contribution in [-0.2, 0) is 4.79 Å². The average Bonchev–Trinajstić information content (AvgIpc) is 2.30. The molecule has 1 aliphatic rings. The van der Waals surface area contributed by atoms with E-state index in [-0.39, 0.29) is 5.91 Å². The molecule has 1 aromatic carbocycles. The number of benzene rings is 1. The third kappa shape index (κ3) is 2.16. The van der Waals surface area contributed by atoms with Crippen molar-refractivity contribution in [3.8, 4) is 0 Å². The van der Waals surface area contributed by atoms with Crippen LogP contribution in [0.2, 0.25) is 0 Å². The summed E-state index contributed by atoms with van der Waals surface area (Å²) in [6.45, 7) is 5.04. The monoisotopic (exact) mass is 215 g/mol. The molecule has 0 aliphatic carbocycles. The predicted molar refractivity (Wildman–Crippen MR) is 66.6 cm³/mol. The molecule has 1 amide bonds. The van der Waals surface area contributed by atoms with Crippen LogP contribution < -0.4 is 4.90 Å². The van der Waals surface area contributed by atoms with Crippen LogP contribution in [0.5, 0.6) is 0 Å². The molecule has 2 heteroatoms. The van der Waals surface area contributed by atoms with Gasteiger partial charge in [-0.2, -0.15) is 0 Å². The molecule has 0 unspecified atom stereocenters. The number of hydrogen-bond donors (Lipinski definition) is 0. The van der Waals surface area contributed by atoms with Crippen molar-refractivity contribution < 1.29 is 4.79 Å². The lowest BCUT2D eigenvalue weighted by Gasteiger charge is -2.23. The van der Waals surface area contributed by atoms with Crippen LogP contribution in [0.15, 0.2) is 36.4 Å². The third-order valence-corrected chi connectivity index (χ3v) is 2.92. The van der Waals surface area contributed by atoms with E-state index in [2.05, 4.69) is 26.0 Å². The SMILES string of the molecule is CC(C)c1ccc(N2CC=CCC2=O)cc1. The van der Waals surface area contributed by atoms with Crippen molar-refractivity contribution in [1.29, 1.82) is 0 Å². The highest BCUT2D eigenvalue weighted by molar-refractivity contribution is 5.95. The van der Waals surface area contributed by atoms with Crippen molar-refractivity contribution in [2.45, 2.75) is 26.2 Å². The van der Waals surface area contributed by atoms with Crippen LogP contribution in [0, 0.1) is 0 Å². The zero-order chi connectivity index (χ0) is 11.5. The summed E-state index contributed by atoms with van der Waals surface area (Å²) in [4.78, 5) is 13.5. The van der Waals surface area contributed by atoms with Crippen molar-refractivity contribution in [2.24, 2.45) is 0 Å². The Morgan fingerprint density at radius 2 is 1.81 bits per heavy atom. The first-order chi connectivity index (χ1) is 7.68. The largest absolute Gasteiger partial charge is 0.308 e. The van der Waals surface area contributed by atoms with E-state index < -0.39 is 0 Å². The maximum atomic E-state index is 11.7. The summed E-state index contributed by atoms with van der Waals surface area (Å²) in [7, 11) is 0. The molecule has 1 heterocycles. The lowest BCUT2D eigenvalue weighted by atomic mass is 10.0. The number of rotatable bonds is 2. The van der Waals surface area contributed by atoms with Crippen LogP contribution in [0.4, 0.5) is 5.69 Å². The maximum absolute atomic E-state index is 11.7. The van der Waals surface area contributed by atoms with Gasteiger partial charge in [-0.15, -0.1) is 0 Å². The molecule has 0 atom stereocenters. The van der Waals surface area contributed by atoms with Gasteiger partial charge in [-0.05, 0) is 23.6 Å². The zero-order valence-electron chi connectivity index (χ0n) is 9.81. The highest BCUT2D eigenvalue weighted by Gasteiger charge is 2.15. The van der Waals surface area contributed by atoms with Crippen molar-refractivity contribution in [1.82, 2.24) is 0 Å². The van der Waals surface area contributed by atoms with E-state index in [0.717, 1.165) is 5.69 Å². The molecule has 2 nitrogen and oxygen atoms in total. The van der Waals surface area contributed by atoms with E-state index in [1.165, 1.54) is 5.56 Å². The van der Waals surface area contributed by atoms with Gasteiger partial charge in [0.25, 0.3) is 0 Å². The minimum absolute atomic E-state index is 0.180. The summed E-state index contributed by atoms with van der Waals surface area (Å²) in [5.41, 5.74) is 2.31. The van der Waals surface area contributed by atoms with Gasteiger partial charge in [-0.3, -0.25) is 4.79 Å². The molecule has 0 spiro atoms.